The summed E-state index contributed by atoms with van der Waals surface area (Å²) in [5.41, 5.74) is 7.67. The van der Waals surface area contributed by atoms with Crippen molar-refractivity contribution in [2.75, 3.05) is 40.4 Å². The van der Waals surface area contributed by atoms with Gasteiger partial charge in [-0.05, 0) is 90.3 Å². The van der Waals surface area contributed by atoms with Gasteiger partial charge in [-0.3, -0.25) is 34.0 Å². The number of hydrogen-bond donors (Lipinski definition) is 4. The number of nitrogens with one attached hydrogen (secondary N) is 2. The fourth-order valence-corrected chi connectivity index (χ4v) is 9.66. The SMILES string of the molecule is CCn1c(-c2cnccc2COC)c2c3cc(ccc31)-c1cc(O)cc(c1)C[C@H](NC(=O)[C@H](C(C)C)N(C)C(=O)C1(O)CCN(C=O)C1)C(=O)N1CCC[C@H](N1)C(=O)OCC(C)(C)C2. The van der Waals surface area contributed by atoms with Crippen molar-refractivity contribution >= 4 is 41.0 Å². The number of benzene rings is 2. The number of cyclic esters (lactones) is 1. The number of likely N-dealkylation sites (tertiary alicyclic amines) is 1. The maximum absolute atomic E-state index is 14.6. The minimum absolute atomic E-state index is 0.0175. The number of pyridine rings is 1. The first-order chi connectivity index (χ1) is 30.5. The lowest BCUT2D eigenvalue weighted by Crippen LogP contribution is -2.63. The number of hydrazine groups is 1. The molecule has 16 heteroatoms. The van der Waals surface area contributed by atoms with E-state index in [9.17, 15) is 34.2 Å². The Kier molecular flexibility index (Phi) is 13.5. The number of aliphatic hydroxyl groups is 1. The summed E-state index contributed by atoms with van der Waals surface area (Å²) >= 11 is 0. The number of phenols is 1. The zero-order valence-corrected chi connectivity index (χ0v) is 37.8. The largest absolute Gasteiger partial charge is 0.508 e. The molecule has 342 valence electrons. The number of aryl methyl sites for hydroxylation is 1. The van der Waals surface area contributed by atoms with Crippen LogP contribution >= 0.6 is 0 Å². The van der Waals surface area contributed by atoms with Crippen molar-refractivity contribution in [3.05, 3.63) is 71.5 Å². The molecule has 16 nitrogen and oxygen atoms in total. The number of methoxy groups -OCH3 is 1. The van der Waals surface area contributed by atoms with Gasteiger partial charge in [-0.15, -0.1) is 0 Å². The maximum atomic E-state index is 14.6. The van der Waals surface area contributed by atoms with E-state index in [1.54, 1.807) is 39.3 Å². The standard InChI is InChI=1S/C48H61N7O9/c1-8-54-40-12-11-31-22-35(40)36(42(54)37-24-49-15-13-32(37)25-63-7)23-47(4,5)27-64-45(60)38-10-9-16-55(51-38)44(59)39(20-30-18-33(31)21-34(57)19-30)50-43(58)41(29(2)3)52(6)46(61)48(62)14-17-53(26-48)28-56/h11-13,15,18-19,21-22,24,28-29,38-39,41,51,57,62H,8-10,14,16-17,20,23,25-27H2,1-7H3,(H,50,58)/t38-,39-,41-,48?/m0/s1. The van der Waals surface area contributed by atoms with E-state index in [0.717, 1.165) is 38.9 Å². The molecule has 2 aromatic heterocycles. The molecule has 0 aliphatic carbocycles. The number of aromatic hydroxyl groups is 1. The molecule has 0 radical (unpaired) electrons. The molecule has 6 bridgehead atoms. The summed E-state index contributed by atoms with van der Waals surface area (Å²) in [5, 5.41) is 27.8. The van der Waals surface area contributed by atoms with E-state index in [-0.39, 0.29) is 44.8 Å². The van der Waals surface area contributed by atoms with Crippen molar-refractivity contribution in [3.63, 3.8) is 0 Å². The Bertz CT molecular complexity index is 2430. The van der Waals surface area contributed by atoms with Gasteiger partial charge in [-0.1, -0.05) is 39.8 Å². The van der Waals surface area contributed by atoms with Gasteiger partial charge in [0, 0.05) is 80.9 Å². The van der Waals surface area contributed by atoms with Crippen molar-refractivity contribution in [2.45, 2.75) is 104 Å². The van der Waals surface area contributed by atoms with Gasteiger partial charge in [0.2, 0.25) is 12.3 Å². The third-order valence-electron chi connectivity index (χ3n) is 12.8. The van der Waals surface area contributed by atoms with Crippen LogP contribution < -0.4 is 10.7 Å². The van der Waals surface area contributed by atoms with Crippen molar-refractivity contribution in [3.8, 4) is 28.1 Å². The van der Waals surface area contributed by atoms with Crippen molar-refractivity contribution in [1.29, 1.82) is 0 Å². The highest BCUT2D eigenvalue weighted by Crippen LogP contribution is 2.41. The number of ether oxygens (including phenoxy) is 2. The third-order valence-corrected chi connectivity index (χ3v) is 12.8. The van der Waals surface area contributed by atoms with Gasteiger partial charge >= 0.3 is 5.97 Å². The maximum Gasteiger partial charge on any atom is 0.324 e. The topological polar surface area (TPSA) is 196 Å². The Morgan fingerprint density at radius 1 is 1.12 bits per heavy atom. The number of β-amino-alcohol motifs (C(OH)–C–C–N with tert-alkyl or cyclic N) is 1. The first kappa shape index (κ1) is 46.2. The molecule has 4 amide bonds. The summed E-state index contributed by atoms with van der Waals surface area (Å²) in [4.78, 5) is 75.2. The molecule has 3 aliphatic heterocycles. The average Bonchev–Trinajstić information content (AvgIpc) is 3.81. The van der Waals surface area contributed by atoms with E-state index in [0.29, 0.717) is 50.0 Å². The van der Waals surface area contributed by atoms with E-state index in [1.165, 1.54) is 21.9 Å². The van der Waals surface area contributed by atoms with Crippen LogP contribution in [-0.2, 0) is 59.4 Å². The molecule has 5 heterocycles. The number of nitrogens with zero attached hydrogens (tertiary/aromatic N) is 5. The Hall–Kier alpha value is -5.84. The van der Waals surface area contributed by atoms with Crippen LogP contribution in [0.2, 0.25) is 0 Å². The number of carbonyl (C=O) groups excluding carboxylic acids is 5. The predicted octanol–water partition coefficient (Wildman–Crippen LogP) is 3.97. The predicted molar refractivity (Wildman–Crippen MR) is 239 cm³/mol. The number of rotatable bonds is 10. The van der Waals surface area contributed by atoms with E-state index in [1.807, 2.05) is 24.4 Å². The van der Waals surface area contributed by atoms with Gasteiger partial charge in [-0.25, -0.2) is 5.43 Å². The first-order valence-corrected chi connectivity index (χ1v) is 22.1. The van der Waals surface area contributed by atoms with Crippen LogP contribution in [0.4, 0.5) is 0 Å². The molecule has 7 rings (SSSR count). The number of amides is 4. The zero-order chi connectivity index (χ0) is 46.1. The number of phenolic OH excluding ortho intramolecular Hbond substituents is 1. The highest BCUT2D eigenvalue weighted by Gasteiger charge is 2.47. The molecular weight excluding hydrogens is 819 g/mol. The van der Waals surface area contributed by atoms with Crippen LogP contribution in [0.5, 0.6) is 5.75 Å². The highest BCUT2D eigenvalue weighted by molar-refractivity contribution is 5.96. The number of hydrogen-bond acceptors (Lipinski definition) is 11. The number of fused-ring (bicyclic) bond motifs is 6. The fourth-order valence-electron chi connectivity index (χ4n) is 9.66. The minimum atomic E-state index is -1.87. The third kappa shape index (κ3) is 9.35. The summed E-state index contributed by atoms with van der Waals surface area (Å²) < 4.78 is 14.0. The zero-order valence-electron chi connectivity index (χ0n) is 37.8. The van der Waals surface area contributed by atoms with Gasteiger partial charge in [0.25, 0.3) is 11.8 Å². The molecule has 4 atom stereocenters. The van der Waals surface area contributed by atoms with E-state index in [2.05, 4.69) is 53.2 Å². The van der Waals surface area contributed by atoms with E-state index >= 15 is 0 Å². The number of carbonyl (C=O) groups is 5. The molecule has 0 spiro atoms. The van der Waals surface area contributed by atoms with Crippen LogP contribution in [-0.4, -0.2) is 129 Å². The molecular formula is C48H61N7O9. The number of esters is 1. The number of likely N-dealkylation sites (N-methyl/N-ethyl adjacent to an activating group) is 1. The van der Waals surface area contributed by atoms with Gasteiger partial charge in [0.05, 0.1) is 25.5 Å². The van der Waals surface area contributed by atoms with E-state index < -0.39 is 58.8 Å². The molecule has 4 aromatic rings. The van der Waals surface area contributed by atoms with Crippen LogP contribution in [0.1, 0.15) is 70.6 Å². The smallest absolute Gasteiger partial charge is 0.324 e. The monoisotopic (exact) mass is 879 g/mol. The fraction of sp³-hybridized carbons (Fsp3) is 0.500. The van der Waals surface area contributed by atoms with Crippen LogP contribution in [0.25, 0.3) is 33.3 Å². The summed E-state index contributed by atoms with van der Waals surface area (Å²) in [6.45, 7) is 11.1. The van der Waals surface area contributed by atoms with Gasteiger partial charge in [-0.2, -0.15) is 0 Å². The number of aromatic nitrogens is 2. The second-order valence-corrected chi connectivity index (χ2v) is 18.6. The van der Waals surface area contributed by atoms with Crippen LogP contribution in [0.15, 0.2) is 54.9 Å². The van der Waals surface area contributed by atoms with Gasteiger partial charge in [0.15, 0.2) is 5.60 Å². The molecule has 2 fully saturated rings. The first-order valence-electron chi connectivity index (χ1n) is 22.1. The average molecular weight is 880 g/mol. The second-order valence-electron chi connectivity index (χ2n) is 18.6. The molecule has 64 heavy (non-hydrogen) atoms. The molecule has 2 saturated heterocycles. The molecule has 4 N–H and O–H groups in total. The Morgan fingerprint density at radius 3 is 2.61 bits per heavy atom. The summed E-state index contributed by atoms with van der Waals surface area (Å²) in [5.74, 6) is -2.85. The second kappa shape index (κ2) is 18.7. The lowest BCUT2D eigenvalue weighted by molar-refractivity contribution is -0.156. The Morgan fingerprint density at radius 2 is 1.91 bits per heavy atom. The van der Waals surface area contributed by atoms with Crippen molar-refractivity contribution in [1.82, 2.24) is 35.1 Å². The lowest BCUT2D eigenvalue weighted by atomic mass is 9.84. The molecule has 1 unspecified atom stereocenters. The van der Waals surface area contributed by atoms with Crippen LogP contribution in [0, 0.1) is 11.3 Å². The summed E-state index contributed by atoms with van der Waals surface area (Å²) in [6, 6.07) is 10.1. The van der Waals surface area contributed by atoms with Crippen molar-refractivity contribution < 1.29 is 43.7 Å². The Balaban J connectivity index is 1.32. The highest BCUT2D eigenvalue weighted by atomic mass is 16.5. The van der Waals surface area contributed by atoms with Gasteiger partial charge in [0.1, 0.15) is 23.9 Å². The molecule has 3 aliphatic rings. The normalized spacial score (nSPS) is 22.0. The summed E-state index contributed by atoms with van der Waals surface area (Å²) in [7, 11) is 3.09. The Labute approximate surface area is 373 Å². The quantitative estimate of drug-likeness (QED) is 0.133. The minimum Gasteiger partial charge on any atom is -0.508 e. The van der Waals surface area contributed by atoms with Crippen LogP contribution in [0.3, 0.4) is 0 Å². The molecule has 0 saturated carbocycles. The summed E-state index contributed by atoms with van der Waals surface area (Å²) in [6.07, 6.45) is 5.60. The van der Waals surface area contributed by atoms with Gasteiger partial charge < -0.3 is 39.4 Å². The van der Waals surface area contributed by atoms with E-state index in [4.69, 9.17) is 9.47 Å². The van der Waals surface area contributed by atoms with Crippen molar-refractivity contribution in [2.24, 2.45) is 11.3 Å². The lowest BCUT2D eigenvalue weighted by Gasteiger charge is -2.37. The molecule has 2 aromatic carbocycles.